The third-order valence-electron chi connectivity index (χ3n) is 10.7. The molecule has 5 aliphatic rings. The molecule has 0 radical (unpaired) electrons. The molecule has 0 spiro atoms. The van der Waals surface area contributed by atoms with Gasteiger partial charge in [0, 0.05) is 43.1 Å². The number of hydrogen-bond acceptors (Lipinski definition) is 6. The number of amides is 2. The smallest absolute Gasteiger partial charge is 0.410 e. The first-order chi connectivity index (χ1) is 21.7. The van der Waals surface area contributed by atoms with E-state index in [1.165, 1.54) is 0 Å². The van der Waals surface area contributed by atoms with Crippen LogP contribution in [0.25, 0.3) is 21.8 Å². The number of aromatic nitrogens is 2. The van der Waals surface area contributed by atoms with Crippen LogP contribution in [0.15, 0.2) is 16.6 Å². The third-order valence-corrected chi connectivity index (χ3v) is 11.7. The van der Waals surface area contributed by atoms with Gasteiger partial charge in [-0.05, 0) is 114 Å². The molecule has 1 saturated carbocycles. The van der Waals surface area contributed by atoms with Gasteiger partial charge >= 0.3 is 6.09 Å². The van der Waals surface area contributed by atoms with Crippen molar-refractivity contribution in [2.24, 2.45) is 5.92 Å². The van der Waals surface area contributed by atoms with Gasteiger partial charge in [-0.3, -0.25) is 9.69 Å². The molecule has 9 nitrogen and oxygen atoms in total. The molecule has 5 fully saturated rings. The number of pyridine rings is 1. The Morgan fingerprint density at radius 1 is 1.11 bits per heavy atom. The molecule has 0 N–H and O–H groups in total. The molecule has 2 aromatic heterocycles. The van der Waals surface area contributed by atoms with Crippen molar-refractivity contribution in [1.29, 1.82) is 0 Å². The van der Waals surface area contributed by atoms with Gasteiger partial charge in [0.05, 0.1) is 33.5 Å². The number of carbonyl (C=O) groups excluding carboxylic acids is 2. The molecule has 248 valence electrons. The monoisotopic (exact) mass is 697 g/mol. The molecule has 8 rings (SSSR count). The van der Waals surface area contributed by atoms with E-state index in [0.717, 1.165) is 60.8 Å². The Bertz CT molecular complexity index is 1740. The zero-order valence-electron chi connectivity index (χ0n) is 27.9. The molecule has 1 aliphatic carbocycles. The Balaban J connectivity index is 1.45. The number of halogens is 2. The predicted octanol–water partition coefficient (Wildman–Crippen LogP) is 7.12. The minimum Gasteiger partial charge on any atom is -0.472 e. The van der Waals surface area contributed by atoms with Crippen LogP contribution in [-0.2, 0) is 9.53 Å². The van der Waals surface area contributed by atoms with Crippen LogP contribution in [-0.4, -0.2) is 86.7 Å². The second kappa shape index (κ2) is 11.4. The summed E-state index contributed by atoms with van der Waals surface area (Å²) in [6, 6.07) is 4.12. The standard InChI is InChI=1S/C35H45BrFN5O4/c1-18-14-22-30(29(37)28(18)36)38-33(45-19(2)24-10-8-12-39(24)7)23-16-26(25-11-9-13-40(25)20(3)43)42(32(22)23)31-21-15-27(31)41(17-21)34(44)46-35(4,5)6/h14,16,19,21,24-25,27,31H,8-13,15,17H2,1-7H3/t19-,21+,24-,25+,27+,31-/m0/s1. The molecule has 4 aliphatic heterocycles. The van der Waals surface area contributed by atoms with Gasteiger partial charge < -0.3 is 23.8 Å². The molecule has 6 heterocycles. The summed E-state index contributed by atoms with van der Waals surface area (Å²) in [5.41, 5.74) is 2.28. The van der Waals surface area contributed by atoms with Crippen LogP contribution >= 0.6 is 15.9 Å². The number of hydrogen-bond donors (Lipinski definition) is 0. The summed E-state index contributed by atoms with van der Waals surface area (Å²) in [5.74, 6) is 0.237. The lowest BCUT2D eigenvalue weighted by Gasteiger charge is -2.40. The first-order valence-electron chi connectivity index (χ1n) is 16.7. The van der Waals surface area contributed by atoms with Crippen molar-refractivity contribution in [3.8, 4) is 5.88 Å². The maximum Gasteiger partial charge on any atom is 0.410 e. The Morgan fingerprint density at radius 3 is 2.52 bits per heavy atom. The second-order valence-corrected chi connectivity index (χ2v) is 15.7. The molecule has 2 amide bonds. The van der Waals surface area contributed by atoms with Gasteiger partial charge in [-0.1, -0.05) is 0 Å². The molecule has 0 unspecified atom stereocenters. The molecular weight excluding hydrogens is 653 g/mol. The van der Waals surface area contributed by atoms with Crippen LogP contribution in [0.3, 0.4) is 0 Å². The van der Waals surface area contributed by atoms with E-state index >= 15 is 4.39 Å². The highest BCUT2D eigenvalue weighted by atomic mass is 79.9. The highest BCUT2D eigenvalue weighted by Crippen LogP contribution is 2.54. The van der Waals surface area contributed by atoms with Gasteiger partial charge in [0.1, 0.15) is 17.2 Å². The maximum absolute atomic E-state index is 16.2. The van der Waals surface area contributed by atoms with Crippen molar-refractivity contribution in [3.63, 3.8) is 0 Å². The number of likely N-dealkylation sites (tertiary alicyclic amines) is 2. The number of ether oxygens (including phenoxy) is 2. The zero-order chi connectivity index (χ0) is 32.8. The van der Waals surface area contributed by atoms with Crippen LogP contribution in [0, 0.1) is 18.7 Å². The Kier molecular flexibility index (Phi) is 7.82. The summed E-state index contributed by atoms with van der Waals surface area (Å²) in [5, 5.41) is 1.53. The zero-order valence-corrected chi connectivity index (χ0v) is 29.5. The van der Waals surface area contributed by atoms with Crippen molar-refractivity contribution in [2.75, 3.05) is 26.7 Å². The second-order valence-electron chi connectivity index (χ2n) is 14.9. The first-order valence-corrected chi connectivity index (χ1v) is 17.5. The summed E-state index contributed by atoms with van der Waals surface area (Å²) in [4.78, 5) is 37.3. The van der Waals surface area contributed by atoms with Crippen molar-refractivity contribution in [2.45, 2.75) is 110 Å². The fraction of sp³-hybridized carbons (Fsp3) is 0.629. The number of fused-ring (bicyclic) bond motifs is 4. The molecule has 1 aromatic carbocycles. The lowest BCUT2D eigenvalue weighted by atomic mass is 9.79. The summed E-state index contributed by atoms with van der Waals surface area (Å²) in [7, 11) is 2.12. The van der Waals surface area contributed by atoms with E-state index < -0.39 is 11.4 Å². The fourth-order valence-corrected chi connectivity index (χ4v) is 8.89. The average Bonchev–Trinajstić information content (AvgIpc) is 3.79. The molecule has 46 heavy (non-hydrogen) atoms. The highest BCUT2D eigenvalue weighted by Gasteiger charge is 2.57. The van der Waals surface area contributed by atoms with Gasteiger partial charge in [-0.15, -0.1) is 0 Å². The summed E-state index contributed by atoms with van der Waals surface area (Å²) in [6.45, 7) is 13.6. The molecule has 6 atom stereocenters. The number of likely N-dealkylation sites (N-methyl/N-ethyl adjacent to an activating group) is 1. The Morgan fingerprint density at radius 2 is 1.85 bits per heavy atom. The molecule has 2 bridgehead atoms. The van der Waals surface area contributed by atoms with Crippen LogP contribution < -0.4 is 4.74 Å². The summed E-state index contributed by atoms with van der Waals surface area (Å²) >= 11 is 3.46. The van der Waals surface area contributed by atoms with E-state index in [4.69, 9.17) is 14.5 Å². The van der Waals surface area contributed by atoms with Gasteiger partial charge in [0.25, 0.3) is 0 Å². The van der Waals surface area contributed by atoms with Crippen molar-refractivity contribution in [3.05, 3.63) is 33.7 Å². The van der Waals surface area contributed by atoms with E-state index in [9.17, 15) is 9.59 Å². The van der Waals surface area contributed by atoms with Crippen molar-refractivity contribution >= 4 is 49.7 Å². The van der Waals surface area contributed by atoms with Crippen molar-refractivity contribution < 1.29 is 23.5 Å². The SMILES string of the molecule is CC(=O)N1CCC[C@@H]1c1cc2c(O[C@@H](C)[C@@H]3CCCN3C)nc3c(F)c(Br)c(C)cc3c2n1[C@H]1[C@@H]2C[C@H]1N(C(=O)OC(C)(C)C)C2. The van der Waals surface area contributed by atoms with Gasteiger partial charge in [-0.25, -0.2) is 14.2 Å². The minimum absolute atomic E-state index is 0.0365. The highest BCUT2D eigenvalue weighted by molar-refractivity contribution is 9.10. The van der Waals surface area contributed by atoms with Crippen LogP contribution in [0.1, 0.15) is 90.1 Å². The number of benzene rings is 1. The summed E-state index contributed by atoms with van der Waals surface area (Å²) in [6.07, 6.45) is 4.29. The maximum atomic E-state index is 16.2. The van der Waals surface area contributed by atoms with Crippen LogP contribution in [0.4, 0.5) is 9.18 Å². The quantitative estimate of drug-likeness (QED) is 0.282. The third kappa shape index (κ3) is 5.07. The Hall–Kier alpha value is -2.92. The molecular formula is C35H45BrFN5O4. The van der Waals surface area contributed by atoms with Gasteiger partial charge in [0.2, 0.25) is 11.8 Å². The minimum atomic E-state index is -0.600. The van der Waals surface area contributed by atoms with E-state index in [1.54, 1.807) is 6.92 Å². The van der Waals surface area contributed by atoms with Crippen LogP contribution in [0.5, 0.6) is 5.88 Å². The lowest BCUT2D eigenvalue weighted by Crippen LogP contribution is -2.45. The van der Waals surface area contributed by atoms with Gasteiger partial charge in [-0.2, -0.15) is 0 Å². The Labute approximate surface area is 278 Å². The molecule has 11 heteroatoms. The number of aryl methyl sites for hydroxylation is 1. The van der Waals surface area contributed by atoms with E-state index in [1.807, 2.05) is 43.6 Å². The lowest BCUT2D eigenvalue weighted by molar-refractivity contribution is -0.129. The number of nitrogens with zero attached hydrogens (tertiary/aromatic N) is 5. The number of carbonyl (C=O) groups is 2. The van der Waals surface area contributed by atoms with Gasteiger partial charge in [0.15, 0.2) is 5.82 Å². The van der Waals surface area contributed by atoms with Crippen molar-refractivity contribution in [1.82, 2.24) is 24.3 Å². The topological polar surface area (TPSA) is 80.1 Å². The van der Waals surface area contributed by atoms with E-state index in [2.05, 4.69) is 45.4 Å². The number of rotatable bonds is 5. The molecule has 3 aromatic rings. The largest absolute Gasteiger partial charge is 0.472 e. The fourth-order valence-electron chi connectivity index (χ4n) is 8.58. The first kappa shape index (κ1) is 31.7. The normalized spacial score (nSPS) is 27.1. The average molecular weight is 699 g/mol. The van der Waals surface area contributed by atoms with Crippen LogP contribution in [0.2, 0.25) is 0 Å². The van der Waals surface area contributed by atoms with E-state index in [0.29, 0.717) is 28.8 Å². The van der Waals surface area contributed by atoms with E-state index in [-0.39, 0.29) is 53.7 Å². The summed E-state index contributed by atoms with van der Waals surface area (Å²) < 4.78 is 31.4. The predicted molar refractivity (Wildman–Crippen MR) is 179 cm³/mol. The molecule has 4 saturated heterocycles.